The summed E-state index contributed by atoms with van der Waals surface area (Å²) in [6, 6.07) is 6.53. The van der Waals surface area contributed by atoms with E-state index in [-0.39, 0.29) is 23.4 Å². The van der Waals surface area contributed by atoms with Gasteiger partial charge in [0.15, 0.2) is 0 Å². The summed E-state index contributed by atoms with van der Waals surface area (Å²) in [5.41, 5.74) is 9.60. The van der Waals surface area contributed by atoms with Gasteiger partial charge in [0.2, 0.25) is 0 Å². The molecule has 0 spiro atoms. The fourth-order valence-electron chi connectivity index (χ4n) is 1.25. The van der Waals surface area contributed by atoms with Crippen LogP contribution in [0.1, 0.15) is 29.7 Å². The van der Waals surface area contributed by atoms with E-state index in [4.69, 9.17) is 19.7 Å². The van der Waals surface area contributed by atoms with Crippen molar-refractivity contribution in [1.82, 2.24) is 0 Å². The largest absolute Gasteiger partial charge is 0 e. The first-order valence-corrected chi connectivity index (χ1v) is 4.55. The summed E-state index contributed by atoms with van der Waals surface area (Å²) >= 11 is 0. The molecular formula is C13H15CrNO3. The van der Waals surface area contributed by atoms with Gasteiger partial charge in [-0.15, -0.1) is 0 Å². The average Bonchev–Trinajstić information content (AvgIpc) is 2.39. The van der Waals surface area contributed by atoms with Crippen molar-refractivity contribution in [3.8, 4) is 0 Å². The third-order valence-corrected chi connectivity index (χ3v) is 1.93. The molecule has 0 aromatic heterocycles. The maximum atomic E-state index is 7.50. The van der Waals surface area contributed by atoms with Crippen LogP contribution < -0.4 is 5.73 Å². The Kier molecular flexibility index (Phi) is 26.1. The second kappa shape index (κ2) is 18.3. The van der Waals surface area contributed by atoms with Crippen LogP contribution in [0.4, 0.5) is 0 Å². The summed E-state index contributed by atoms with van der Waals surface area (Å²) in [7, 11) is 0. The first-order valence-electron chi connectivity index (χ1n) is 4.55. The van der Waals surface area contributed by atoms with Gasteiger partial charge in [0.05, 0.1) is 0 Å². The van der Waals surface area contributed by atoms with Gasteiger partial charge in [0.25, 0.3) is 0 Å². The molecular weight excluding hydrogens is 270 g/mol. The van der Waals surface area contributed by atoms with Crippen molar-refractivity contribution in [2.24, 2.45) is 5.73 Å². The van der Waals surface area contributed by atoms with Gasteiger partial charge in [-0.05, 0) is 31.9 Å². The zero-order valence-corrected chi connectivity index (χ0v) is 11.8. The molecule has 4 nitrogen and oxygen atoms in total. The third-order valence-electron chi connectivity index (χ3n) is 1.93. The van der Waals surface area contributed by atoms with Crippen molar-refractivity contribution in [3.63, 3.8) is 0 Å². The molecule has 0 saturated carbocycles. The Balaban J connectivity index is -0.000000123. The smallest absolute Gasteiger partial charge is 0 e. The molecule has 1 aromatic rings. The molecule has 0 saturated heterocycles. The quantitative estimate of drug-likeness (QED) is 0.622. The standard InChI is InChI=1S/C10H15N.3CO.Cr/c1-7-4-5-8(2)10(6-7)9(3)11;3*1-2;/h4-6,9H,11H2,1-3H3;;;;. The molecule has 1 rings (SSSR count). The Hall–Kier alpha value is -1.07. The molecule has 1 aromatic carbocycles. The van der Waals surface area contributed by atoms with Crippen LogP contribution in [0, 0.1) is 33.8 Å². The first kappa shape index (κ1) is 25.7. The zero-order valence-electron chi connectivity index (χ0n) is 10.5. The second-order valence-electron chi connectivity index (χ2n) is 3.15. The monoisotopic (exact) mass is 285 g/mol. The van der Waals surface area contributed by atoms with Crippen molar-refractivity contribution in [2.45, 2.75) is 26.8 Å². The van der Waals surface area contributed by atoms with Crippen molar-refractivity contribution < 1.29 is 31.3 Å². The van der Waals surface area contributed by atoms with Crippen LogP contribution in [0.25, 0.3) is 0 Å². The fraction of sp³-hybridized carbons (Fsp3) is 0.308. The van der Waals surface area contributed by atoms with Crippen LogP contribution >= 0.6 is 0 Å². The summed E-state index contributed by atoms with van der Waals surface area (Å²) in [4.78, 5) is 0. The van der Waals surface area contributed by atoms with E-state index in [9.17, 15) is 0 Å². The molecule has 1 unspecified atom stereocenters. The maximum absolute atomic E-state index is 7.50. The van der Waals surface area contributed by atoms with E-state index in [1.54, 1.807) is 0 Å². The second-order valence-corrected chi connectivity index (χ2v) is 3.15. The SMILES string of the molecule is Cc1ccc(C)c(C(C)N)c1.[C-]#[O+].[C-]#[O+].[C-]#[O+].[Cr]. The third kappa shape index (κ3) is 11.4. The Bertz CT molecular complexity index is 356. The Labute approximate surface area is 119 Å². The van der Waals surface area contributed by atoms with Crippen LogP contribution in [0.2, 0.25) is 0 Å². The van der Waals surface area contributed by atoms with Gasteiger partial charge in [-0.1, -0.05) is 23.8 Å². The predicted octanol–water partition coefficient (Wildman–Crippen LogP) is 2.21. The van der Waals surface area contributed by atoms with Gasteiger partial charge in [-0.25, -0.2) is 0 Å². The van der Waals surface area contributed by atoms with Crippen molar-refractivity contribution >= 4 is 0 Å². The minimum absolute atomic E-state index is 0. The molecule has 1 atom stereocenters. The molecule has 0 radical (unpaired) electrons. The van der Waals surface area contributed by atoms with E-state index in [1.807, 2.05) is 6.92 Å². The minimum atomic E-state index is 0. The summed E-state index contributed by atoms with van der Waals surface area (Å²) in [6.45, 7) is 19.7. The normalized spacial score (nSPS) is 8.33. The zero-order chi connectivity index (χ0) is 14.4. The van der Waals surface area contributed by atoms with Gasteiger partial charge >= 0.3 is 33.9 Å². The summed E-state index contributed by atoms with van der Waals surface area (Å²) in [5.74, 6) is 0. The van der Waals surface area contributed by atoms with Gasteiger partial charge in [-0.3, -0.25) is 0 Å². The van der Waals surface area contributed by atoms with Crippen molar-refractivity contribution in [2.75, 3.05) is 0 Å². The number of nitrogens with two attached hydrogens (primary N) is 1. The number of hydrogen-bond acceptors (Lipinski definition) is 1. The Morgan fingerprint density at radius 3 is 1.67 bits per heavy atom. The molecule has 0 aliphatic rings. The van der Waals surface area contributed by atoms with Gasteiger partial charge in [0.1, 0.15) is 0 Å². The van der Waals surface area contributed by atoms with Crippen molar-refractivity contribution in [3.05, 3.63) is 54.8 Å². The predicted molar refractivity (Wildman–Crippen MR) is 60.3 cm³/mol. The summed E-state index contributed by atoms with van der Waals surface area (Å²) in [5, 5.41) is 0. The fourth-order valence-corrected chi connectivity index (χ4v) is 1.25. The number of hydrogen-bond donors (Lipinski definition) is 1. The number of benzene rings is 1. The maximum Gasteiger partial charge on any atom is 0 e. The number of rotatable bonds is 1. The van der Waals surface area contributed by atoms with Crippen LogP contribution in [0.3, 0.4) is 0 Å². The van der Waals surface area contributed by atoms with Crippen LogP contribution in [0.5, 0.6) is 0 Å². The molecule has 18 heavy (non-hydrogen) atoms. The van der Waals surface area contributed by atoms with Gasteiger partial charge < -0.3 is 5.73 Å². The molecule has 0 aliphatic carbocycles. The molecule has 0 aliphatic heterocycles. The molecule has 0 bridgehead atoms. The molecule has 2 N–H and O–H groups in total. The van der Waals surface area contributed by atoms with E-state index in [0.717, 1.165) is 0 Å². The van der Waals surface area contributed by atoms with Crippen LogP contribution in [0.15, 0.2) is 18.2 Å². The van der Waals surface area contributed by atoms with Gasteiger partial charge in [0, 0.05) is 23.4 Å². The van der Waals surface area contributed by atoms with Crippen molar-refractivity contribution in [1.29, 1.82) is 0 Å². The molecule has 0 fully saturated rings. The van der Waals surface area contributed by atoms with E-state index < -0.39 is 0 Å². The van der Waals surface area contributed by atoms with E-state index in [1.165, 1.54) is 16.7 Å². The van der Waals surface area contributed by atoms with Crippen LogP contribution in [-0.2, 0) is 31.3 Å². The molecule has 0 heterocycles. The molecule has 96 valence electrons. The van der Waals surface area contributed by atoms with E-state index in [2.05, 4.69) is 52.0 Å². The summed E-state index contributed by atoms with van der Waals surface area (Å²) < 4.78 is 22.5. The topological polar surface area (TPSA) is 85.7 Å². The Morgan fingerprint density at radius 1 is 1.00 bits per heavy atom. The van der Waals surface area contributed by atoms with Crippen LogP contribution in [-0.4, -0.2) is 0 Å². The summed E-state index contributed by atoms with van der Waals surface area (Å²) in [6.07, 6.45) is 0. The van der Waals surface area contributed by atoms with E-state index in [0.29, 0.717) is 0 Å². The van der Waals surface area contributed by atoms with E-state index >= 15 is 0 Å². The number of aryl methyl sites for hydroxylation is 2. The molecule has 5 heteroatoms. The first-order chi connectivity index (χ1) is 8.11. The van der Waals surface area contributed by atoms with Gasteiger partial charge in [-0.2, -0.15) is 0 Å². The Morgan fingerprint density at radius 2 is 1.39 bits per heavy atom. The molecule has 0 amide bonds. The average molecular weight is 285 g/mol. The minimum Gasteiger partial charge on any atom is 0 e.